The summed E-state index contributed by atoms with van der Waals surface area (Å²) in [6, 6.07) is 4.68. The second-order valence-electron chi connectivity index (χ2n) is 5.15. The third-order valence-corrected chi connectivity index (χ3v) is 4.45. The summed E-state index contributed by atoms with van der Waals surface area (Å²) in [6.07, 6.45) is 1.59. The Bertz CT molecular complexity index is 692. The molecule has 1 atom stereocenters. The maximum Gasteiger partial charge on any atom is 0.235 e. The van der Waals surface area contributed by atoms with E-state index in [1.807, 2.05) is 14.0 Å². The van der Waals surface area contributed by atoms with Crippen molar-refractivity contribution in [3.8, 4) is 5.75 Å². The van der Waals surface area contributed by atoms with E-state index >= 15 is 0 Å². The highest BCUT2D eigenvalue weighted by molar-refractivity contribution is 8.00. The predicted octanol–water partition coefficient (Wildman–Crippen LogP) is 2.10. The Morgan fingerprint density at radius 1 is 1.52 bits per heavy atom. The topological polar surface area (TPSA) is 60.2 Å². The molecule has 0 saturated heterocycles. The van der Waals surface area contributed by atoms with Gasteiger partial charge >= 0.3 is 0 Å². The Kier molecular flexibility index (Phi) is 5.59. The lowest BCUT2D eigenvalue weighted by atomic mass is 10.2. The molecule has 1 aromatic heterocycles. The molecule has 1 unspecified atom stereocenters. The van der Waals surface area contributed by atoms with E-state index in [0.717, 1.165) is 0 Å². The second-order valence-corrected chi connectivity index (χ2v) is 6.46. The van der Waals surface area contributed by atoms with Gasteiger partial charge in [0, 0.05) is 20.6 Å². The molecular formula is C15H19FN4O2S. The Balaban J connectivity index is 1.99. The van der Waals surface area contributed by atoms with Gasteiger partial charge in [0.05, 0.1) is 12.4 Å². The number of aryl methyl sites for hydroxylation is 1. The lowest BCUT2D eigenvalue weighted by molar-refractivity contribution is -0.129. The minimum atomic E-state index is -0.438. The van der Waals surface area contributed by atoms with Gasteiger partial charge in [-0.05, 0) is 24.6 Å². The van der Waals surface area contributed by atoms with Crippen LogP contribution < -0.4 is 4.74 Å². The van der Waals surface area contributed by atoms with Gasteiger partial charge in [0.15, 0.2) is 16.7 Å². The molecule has 23 heavy (non-hydrogen) atoms. The summed E-state index contributed by atoms with van der Waals surface area (Å²) in [4.78, 5) is 14.0. The van der Waals surface area contributed by atoms with E-state index in [2.05, 4.69) is 10.2 Å². The standard InChI is InChI=1S/C15H19FN4O2S/c1-10(23-15-18-17-9-20(15)3)14(21)19(2)8-11-5-6-13(22-4)12(16)7-11/h5-7,9-10H,8H2,1-4H3. The number of hydrogen-bond donors (Lipinski definition) is 0. The number of thioether (sulfide) groups is 1. The zero-order valence-corrected chi connectivity index (χ0v) is 14.3. The van der Waals surface area contributed by atoms with Crippen molar-refractivity contribution in [3.05, 3.63) is 35.9 Å². The molecule has 6 nitrogen and oxygen atoms in total. The van der Waals surface area contributed by atoms with Gasteiger partial charge in [0.1, 0.15) is 6.33 Å². The Labute approximate surface area is 138 Å². The number of rotatable bonds is 6. The Hall–Kier alpha value is -2.09. The van der Waals surface area contributed by atoms with Crippen LogP contribution in [0, 0.1) is 5.82 Å². The lowest BCUT2D eigenvalue weighted by Crippen LogP contribution is -2.33. The molecular weight excluding hydrogens is 319 g/mol. The third-order valence-electron chi connectivity index (χ3n) is 3.31. The third kappa shape index (κ3) is 4.22. The van der Waals surface area contributed by atoms with Crippen molar-refractivity contribution in [2.45, 2.75) is 23.9 Å². The van der Waals surface area contributed by atoms with E-state index in [9.17, 15) is 9.18 Å². The lowest BCUT2D eigenvalue weighted by Gasteiger charge is -2.21. The average molecular weight is 338 g/mol. The van der Waals surface area contributed by atoms with Crippen LogP contribution in [0.5, 0.6) is 5.75 Å². The summed E-state index contributed by atoms with van der Waals surface area (Å²) >= 11 is 1.34. The number of nitrogens with zero attached hydrogens (tertiary/aromatic N) is 4. The molecule has 1 heterocycles. The van der Waals surface area contributed by atoms with Gasteiger partial charge in [-0.25, -0.2) is 4.39 Å². The molecule has 0 radical (unpaired) electrons. The van der Waals surface area contributed by atoms with Crippen LogP contribution in [-0.4, -0.2) is 45.0 Å². The van der Waals surface area contributed by atoms with E-state index in [1.54, 1.807) is 35.0 Å². The maximum atomic E-state index is 13.7. The molecule has 0 aliphatic rings. The molecule has 2 rings (SSSR count). The molecule has 0 N–H and O–H groups in total. The van der Waals surface area contributed by atoms with Crippen molar-refractivity contribution in [3.63, 3.8) is 0 Å². The number of carbonyl (C=O) groups is 1. The molecule has 0 spiro atoms. The first-order chi connectivity index (χ1) is 10.9. The summed E-state index contributed by atoms with van der Waals surface area (Å²) in [7, 11) is 4.93. The summed E-state index contributed by atoms with van der Waals surface area (Å²) in [6.45, 7) is 2.14. The molecule has 1 aromatic carbocycles. The van der Waals surface area contributed by atoms with Crippen molar-refractivity contribution in [2.75, 3.05) is 14.2 Å². The minimum absolute atomic E-state index is 0.0609. The van der Waals surface area contributed by atoms with Crippen molar-refractivity contribution in [1.29, 1.82) is 0 Å². The van der Waals surface area contributed by atoms with E-state index in [4.69, 9.17) is 4.74 Å². The van der Waals surface area contributed by atoms with Crippen LogP contribution in [0.25, 0.3) is 0 Å². The molecule has 0 aliphatic carbocycles. The van der Waals surface area contributed by atoms with Crippen molar-refractivity contribution >= 4 is 17.7 Å². The van der Waals surface area contributed by atoms with Gasteiger partial charge in [0.2, 0.25) is 5.91 Å². The monoisotopic (exact) mass is 338 g/mol. The predicted molar refractivity (Wildman–Crippen MR) is 85.7 cm³/mol. The van der Waals surface area contributed by atoms with Gasteiger partial charge in [-0.3, -0.25) is 4.79 Å². The number of hydrogen-bond acceptors (Lipinski definition) is 5. The molecule has 1 amide bonds. The van der Waals surface area contributed by atoms with Crippen LogP contribution in [0.4, 0.5) is 4.39 Å². The fourth-order valence-electron chi connectivity index (χ4n) is 2.06. The maximum absolute atomic E-state index is 13.7. The zero-order valence-electron chi connectivity index (χ0n) is 13.5. The summed E-state index contributed by atoms with van der Waals surface area (Å²) in [5, 5.41) is 8.10. The molecule has 8 heteroatoms. The molecule has 124 valence electrons. The normalized spacial score (nSPS) is 12.0. The number of aromatic nitrogens is 3. The van der Waals surface area contributed by atoms with Crippen LogP contribution in [0.15, 0.2) is 29.7 Å². The molecule has 2 aromatic rings. The van der Waals surface area contributed by atoms with Crippen molar-refractivity contribution < 1.29 is 13.9 Å². The van der Waals surface area contributed by atoms with Gasteiger partial charge < -0.3 is 14.2 Å². The first-order valence-electron chi connectivity index (χ1n) is 7.00. The quantitative estimate of drug-likeness (QED) is 0.755. The van der Waals surface area contributed by atoms with Crippen molar-refractivity contribution in [2.24, 2.45) is 7.05 Å². The van der Waals surface area contributed by atoms with Crippen LogP contribution in [0.2, 0.25) is 0 Å². The molecule has 0 aliphatic heterocycles. The number of halogens is 1. The molecule has 0 saturated carbocycles. The largest absolute Gasteiger partial charge is 0.494 e. The fourth-order valence-corrected chi connectivity index (χ4v) is 2.96. The van der Waals surface area contributed by atoms with Crippen LogP contribution >= 0.6 is 11.8 Å². The summed E-state index contributed by atoms with van der Waals surface area (Å²) < 4.78 is 20.4. The summed E-state index contributed by atoms with van der Waals surface area (Å²) in [5.41, 5.74) is 0.704. The smallest absolute Gasteiger partial charge is 0.235 e. The van der Waals surface area contributed by atoms with Crippen molar-refractivity contribution in [1.82, 2.24) is 19.7 Å². The average Bonchev–Trinajstić information content (AvgIpc) is 2.91. The van der Waals surface area contributed by atoms with Gasteiger partial charge in [-0.15, -0.1) is 10.2 Å². The van der Waals surface area contributed by atoms with E-state index in [-0.39, 0.29) is 16.9 Å². The first-order valence-corrected chi connectivity index (χ1v) is 7.88. The SMILES string of the molecule is COc1ccc(CN(C)C(=O)C(C)Sc2nncn2C)cc1F. The highest BCUT2D eigenvalue weighted by Crippen LogP contribution is 2.23. The van der Waals surface area contributed by atoms with Gasteiger partial charge in [0.25, 0.3) is 0 Å². The second kappa shape index (κ2) is 7.45. The van der Waals surface area contributed by atoms with E-state index < -0.39 is 5.82 Å². The number of benzene rings is 1. The highest BCUT2D eigenvalue weighted by atomic mass is 32.2. The van der Waals surface area contributed by atoms with Crippen LogP contribution in [-0.2, 0) is 18.4 Å². The summed E-state index contributed by atoms with van der Waals surface area (Å²) in [5.74, 6) is -0.310. The number of carbonyl (C=O) groups excluding carboxylic acids is 1. The molecule has 0 fully saturated rings. The zero-order chi connectivity index (χ0) is 17.0. The number of amides is 1. The van der Waals surface area contributed by atoms with Crippen LogP contribution in [0.3, 0.4) is 0 Å². The van der Waals surface area contributed by atoms with E-state index in [1.165, 1.54) is 24.9 Å². The van der Waals surface area contributed by atoms with Crippen LogP contribution in [0.1, 0.15) is 12.5 Å². The van der Waals surface area contributed by atoms with E-state index in [0.29, 0.717) is 17.3 Å². The fraction of sp³-hybridized carbons (Fsp3) is 0.400. The Morgan fingerprint density at radius 3 is 2.83 bits per heavy atom. The van der Waals surface area contributed by atoms with Gasteiger partial charge in [-0.1, -0.05) is 17.8 Å². The van der Waals surface area contributed by atoms with Gasteiger partial charge in [-0.2, -0.15) is 0 Å². The number of ether oxygens (including phenoxy) is 1. The molecule has 0 bridgehead atoms. The minimum Gasteiger partial charge on any atom is -0.494 e. The first kappa shape index (κ1) is 17.3. The highest BCUT2D eigenvalue weighted by Gasteiger charge is 2.21. The Morgan fingerprint density at radius 2 is 2.26 bits per heavy atom. The number of methoxy groups -OCH3 is 1.